The molecule has 4 rings (SSSR count). The lowest BCUT2D eigenvalue weighted by molar-refractivity contribution is -0.125. The van der Waals surface area contributed by atoms with Crippen LogP contribution in [-0.2, 0) is 15.0 Å². The zero-order valence-corrected chi connectivity index (χ0v) is 20.1. The van der Waals surface area contributed by atoms with Gasteiger partial charge in [0.25, 0.3) is 0 Å². The molecule has 0 spiro atoms. The van der Waals surface area contributed by atoms with Gasteiger partial charge in [-0.05, 0) is 41.5 Å². The molecule has 0 saturated carbocycles. The van der Waals surface area contributed by atoms with Crippen molar-refractivity contribution in [1.82, 2.24) is 4.98 Å². The molecule has 1 aliphatic rings. The molecule has 2 unspecified atom stereocenters. The predicted molar refractivity (Wildman–Crippen MR) is 137 cm³/mol. The minimum absolute atomic E-state index is 0.00465. The number of aromatic nitrogens is 1. The lowest BCUT2D eigenvalue weighted by Gasteiger charge is -2.40. The highest BCUT2D eigenvalue weighted by Gasteiger charge is 2.50. The van der Waals surface area contributed by atoms with Crippen molar-refractivity contribution in [1.29, 1.82) is 0 Å². The van der Waals surface area contributed by atoms with Gasteiger partial charge in [-0.3, -0.25) is 14.6 Å². The van der Waals surface area contributed by atoms with E-state index in [1.807, 2.05) is 12.1 Å². The molecule has 178 valence electrons. The van der Waals surface area contributed by atoms with Crippen molar-refractivity contribution in [2.75, 3.05) is 6.61 Å². The van der Waals surface area contributed by atoms with Gasteiger partial charge in [-0.1, -0.05) is 77.8 Å². The zero-order chi connectivity index (χ0) is 25.2. The summed E-state index contributed by atoms with van der Waals surface area (Å²) in [6.07, 6.45) is 6.05. The van der Waals surface area contributed by atoms with Crippen molar-refractivity contribution >= 4 is 35.0 Å². The molecule has 3 atom stereocenters. The summed E-state index contributed by atoms with van der Waals surface area (Å²) >= 11 is 13.2. The molecule has 1 aliphatic carbocycles. The lowest BCUT2D eigenvalue weighted by Crippen LogP contribution is -2.47. The van der Waals surface area contributed by atoms with Crippen molar-refractivity contribution in [2.45, 2.75) is 11.3 Å². The predicted octanol–water partition coefficient (Wildman–Crippen LogP) is 4.07. The van der Waals surface area contributed by atoms with Gasteiger partial charge in [0, 0.05) is 27.7 Å². The average Bonchev–Trinajstić information content (AvgIpc) is 2.86. The molecule has 1 aromatic heterocycles. The third-order valence-electron chi connectivity index (χ3n) is 6.49. The van der Waals surface area contributed by atoms with Crippen LogP contribution in [0.4, 0.5) is 0 Å². The van der Waals surface area contributed by atoms with E-state index in [1.165, 1.54) is 18.2 Å². The summed E-state index contributed by atoms with van der Waals surface area (Å²) in [5, 5.41) is 10.7. The fourth-order valence-electron chi connectivity index (χ4n) is 4.54. The standard InChI is InChI=1S/C27H23Cl2N3O3/c28-21-10-9-18(14-19(21)22-8-4-5-13-32-22)27(25(31)35)12-11-26(24(30)34,15-23(27)29)20(16-33)17-6-2-1-3-7-17/h1-15,20,33H,16H2,(H2,30,34)(H2,31,35)/t20?,26?,27-/m0/s1. The van der Waals surface area contributed by atoms with Crippen LogP contribution in [0, 0.1) is 5.41 Å². The Morgan fingerprint density at radius 3 is 2.23 bits per heavy atom. The average molecular weight is 508 g/mol. The van der Waals surface area contributed by atoms with E-state index >= 15 is 0 Å². The summed E-state index contributed by atoms with van der Waals surface area (Å²) in [5.74, 6) is -2.20. The van der Waals surface area contributed by atoms with Gasteiger partial charge in [0.15, 0.2) is 0 Å². The molecule has 0 fully saturated rings. The fraction of sp³-hybridized carbons (Fsp3) is 0.148. The quantitative estimate of drug-likeness (QED) is 0.417. The number of carbonyl (C=O) groups is 2. The Bertz CT molecular complexity index is 1330. The number of benzene rings is 2. The molecule has 0 aliphatic heterocycles. The van der Waals surface area contributed by atoms with Crippen molar-refractivity contribution in [2.24, 2.45) is 16.9 Å². The summed E-state index contributed by atoms with van der Waals surface area (Å²) < 4.78 is 0. The van der Waals surface area contributed by atoms with Gasteiger partial charge >= 0.3 is 0 Å². The molecule has 6 nitrogen and oxygen atoms in total. The Kier molecular flexibility index (Phi) is 6.81. The van der Waals surface area contributed by atoms with Gasteiger partial charge < -0.3 is 16.6 Å². The van der Waals surface area contributed by atoms with Crippen LogP contribution in [0.2, 0.25) is 5.02 Å². The topological polar surface area (TPSA) is 119 Å². The maximum Gasteiger partial charge on any atom is 0.237 e. The first-order chi connectivity index (χ1) is 16.8. The van der Waals surface area contributed by atoms with E-state index in [-0.39, 0.29) is 11.6 Å². The highest BCUT2D eigenvalue weighted by atomic mass is 35.5. The maximum atomic E-state index is 12.9. The molecule has 2 aromatic carbocycles. The summed E-state index contributed by atoms with van der Waals surface area (Å²) in [5.41, 5.74) is 11.0. The lowest BCUT2D eigenvalue weighted by atomic mass is 9.64. The summed E-state index contributed by atoms with van der Waals surface area (Å²) in [4.78, 5) is 30.1. The molecule has 3 aromatic rings. The maximum absolute atomic E-state index is 12.9. The Balaban J connectivity index is 1.89. The minimum atomic E-state index is -1.58. The first-order valence-corrected chi connectivity index (χ1v) is 11.6. The van der Waals surface area contributed by atoms with E-state index < -0.39 is 28.6 Å². The number of hydrogen-bond acceptors (Lipinski definition) is 4. The highest BCUT2D eigenvalue weighted by Crippen LogP contribution is 2.49. The van der Waals surface area contributed by atoms with Crippen LogP contribution >= 0.6 is 23.2 Å². The number of nitrogens with zero attached hydrogens (tertiary/aromatic N) is 1. The molecule has 1 heterocycles. The number of aliphatic hydroxyl groups is 1. The van der Waals surface area contributed by atoms with Crippen molar-refractivity contribution in [3.05, 3.63) is 112 Å². The molecular weight excluding hydrogens is 485 g/mol. The van der Waals surface area contributed by atoms with Gasteiger partial charge in [0.1, 0.15) is 5.41 Å². The summed E-state index contributed by atoms with van der Waals surface area (Å²) in [7, 11) is 0. The van der Waals surface area contributed by atoms with Crippen molar-refractivity contribution in [3.63, 3.8) is 0 Å². The molecule has 0 bridgehead atoms. The van der Waals surface area contributed by atoms with E-state index in [0.29, 0.717) is 27.4 Å². The first-order valence-electron chi connectivity index (χ1n) is 10.8. The number of primary amides is 2. The number of pyridine rings is 1. The highest BCUT2D eigenvalue weighted by molar-refractivity contribution is 6.34. The molecule has 2 amide bonds. The number of carbonyl (C=O) groups excluding carboxylic acids is 2. The van der Waals surface area contributed by atoms with E-state index in [9.17, 15) is 14.7 Å². The van der Waals surface area contributed by atoms with Crippen LogP contribution in [0.3, 0.4) is 0 Å². The van der Waals surface area contributed by atoms with Crippen LogP contribution in [0.15, 0.2) is 96.2 Å². The number of rotatable bonds is 7. The van der Waals surface area contributed by atoms with Gasteiger partial charge in [0.2, 0.25) is 11.8 Å². The second kappa shape index (κ2) is 9.66. The second-order valence-corrected chi connectivity index (χ2v) is 9.16. The fourth-order valence-corrected chi connectivity index (χ4v) is 5.20. The van der Waals surface area contributed by atoms with E-state index in [1.54, 1.807) is 60.8 Å². The molecule has 0 saturated heterocycles. The van der Waals surface area contributed by atoms with Gasteiger partial charge in [-0.15, -0.1) is 0 Å². The molecule has 5 N–H and O–H groups in total. The van der Waals surface area contributed by atoms with Crippen LogP contribution in [0.25, 0.3) is 11.3 Å². The van der Waals surface area contributed by atoms with Crippen molar-refractivity contribution in [3.8, 4) is 11.3 Å². The van der Waals surface area contributed by atoms with E-state index in [2.05, 4.69) is 4.98 Å². The molecule has 35 heavy (non-hydrogen) atoms. The Morgan fingerprint density at radius 2 is 1.66 bits per heavy atom. The number of amides is 2. The van der Waals surface area contributed by atoms with E-state index in [4.69, 9.17) is 34.7 Å². The Morgan fingerprint density at radius 1 is 0.943 bits per heavy atom. The molecular formula is C27H23Cl2N3O3. The van der Waals surface area contributed by atoms with Gasteiger partial charge in [-0.2, -0.15) is 0 Å². The smallest absolute Gasteiger partial charge is 0.237 e. The van der Waals surface area contributed by atoms with Crippen LogP contribution in [0.1, 0.15) is 17.0 Å². The molecule has 0 radical (unpaired) electrons. The Labute approximate surface area is 212 Å². The first kappa shape index (κ1) is 24.7. The van der Waals surface area contributed by atoms with Crippen LogP contribution in [0.5, 0.6) is 0 Å². The number of nitrogens with two attached hydrogens (primary N) is 2. The van der Waals surface area contributed by atoms with Crippen molar-refractivity contribution < 1.29 is 14.7 Å². The van der Waals surface area contributed by atoms with Gasteiger partial charge in [0.05, 0.1) is 17.7 Å². The largest absolute Gasteiger partial charge is 0.396 e. The third kappa shape index (κ3) is 4.14. The molecule has 8 heteroatoms. The monoisotopic (exact) mass is 507 g/mol. The van der Waals surface area contributed by atoms with E-state index in [0.717, 1.165) is 0 Å². The SMILES string of the molecule is NC(=O)C1(C(CO)c2ccccc2)C=C[C@](C(N)=O)(c2ccc(Cl)c(-c3ccccn3)c2)C(Cl)=C1. The zero-order valence-electron chi connectivity index (χ0n) is 18.6. The van der Waals surface area contributed by atoms with Crippen LogP contribution in [-0.4, -0.2) is 28.5 Å². The number of halogens is 2. The van der Waals surface area contributed by atoms with Gasteiger partial charge in [-0.25, -0.2) is 0 Å². The minimum Gasteiger partial charge on any atom is -0.396 e. The number of hydrogen-bond donors (Lipinski definition) is 3. The Hall–Kier alpha value is -3.45. The number of aliphatic hydroxyl groups excluding tert-OH is 1. The second-order valence-electron chi connectivity index (χ2n) is 8.35. The third-order valence-corrected chi connectivity index (χ3v) is 7.23. The summed E-state index contributed by atoms with van der Waals surface area (Å²) in [6, 6.07) is 19.4. The summed E-state index contributed by atoms with van der Waals surface area (Å²) in [6.45, 7) is -0.383. The van der Waals surface area contributed by atoms with Crippen LogP contribution < -0.4 is 11.5 Å². The normalized spacial score (nSPS) is 22.3.